The van der Waals surface area contributed by atoms with Crippen molar-refractivity contribution in [2.45, 2.75) is 6.54 Å². The summed E-state index contributed by atoms with van der Waals surface area (Å²) >= 11 is 0. The molecule has 0 saturated carbocycles. The van der Waals surface area contributed by atoms with Crippen molar-refractivity contribution in [3.8, 4) is 11.5 Å². The highest BCUT2D eigenvalue weighted by atomic mass is 16.4. The van der Waals surface area contributed by atoms with Crippen LogP contribution in [0.2, 0.25) is 0 Å². The maximum Gasteiger partial charge on any atom is 0.335 e. The molecule has 0 amide bonds. The lowest BCUT2D eigenvalue weighted by Crippen LogP contribution is -2.21. The number of carbonyl (C=O) groups is 1. The van der Waals surface area contributed by atoms with Crippen molar-refractivity contribution in [1.82, 2.24) is 19.9 Å². The quantitative estimate of drug-likeness (QED) is 0.633. The molecular formula is C15H14N6O3. The summed E-state index contributed by atoms with van der Waals surface area (Å²) in [6.07, 6.45) is 1.64. The van der Waals surface area contributed by atoms with E-state index in [4.69, 9.17) is 10.8 Å². The number of aromatic amines is 1. The minimum atomic E-state index is -0.975. The molecule has 9 nitrogen and oxygen atoms in total. The third-order valence-electron chi connectivity index (χ3n) is 3.45. The number of hydrogen-bond donors (Lipinski definition) is 3. The van der Waals surface area contributed by atoms with Crippen LogP contribution in [-0.4, -0.2) is 38.1 Å². The molecule has 1 aromatic carbocycles. The van der Waals surface area contributed by atoms with Crippen LogP contribution >= 0.6 is 0 Å². The fourth-order valence-corrected chi connectivity index (χ4v) is 2.25. The van der Waals surface area contributed by atoms with Gasteiger partial charge in [-0.25, -0.2) is 9.78 Å². The maximum absolute atomic E-state index is 11.8. The number of fused-ring (bicyclic) bond motifs is 1. The third-order valence-corrected chi connectivity index (χ3v) is 3.45. The molecule has 3 rings (SSSR count). The zero-order valence-electron chi connectivity index (χ0n) is 12.7. The summed E-state index contributed by atoms with van der Waals surface area (Å²) in [7, 11) is 1.83. The van der Waals surface area contributed by atoms with Crippen LogP contribution in [0.1, 0.15) is 16.1 Å². The van der Waals surface area contributed by atoms with Crippen LogP contribution in [0.4, 0.5) is 11.6 Å². The van der Waals surface area contributed by atoms with E-state index in [0.29, 0.717) is 12.2 Å². The second kappa shape index (κ2) is 5.95. The molecule has 0 unspecified atom stereocenters. The van der Waals surface area contributed by atoms with Crippen LogP contribution in [0.5, 0.6) is 0 Å². The van der Waals surface area contributed by atoms with Gasteiger partial charge in [0.1, 0.15) is 0 Å². The number of anilines is 2. The van der Waals surface area contributed by atoms with E-state index in [1.807, 2.05) is 11.9 Å². The van der Waals surface area contributed by atoms with Crippen LogP contribution in [-0.2, 0) is 6.54 Å². The first-order valence-corrected chi connectivity index (χ1v) is 7.00. The number of nitrogens with zero attached hydrogens (tertiary/aromatic N) is 4. The van der Waals surface area contributed by atoms with E-state index < -0.39 is 11.5 Å². The molecule has 0 saturated heterocycles. The van der Waals surface area contributed by atoms with Gasteiger partial charge in [0, 0.05) is 18.9 Å². The largest absolute Gasteiger partial charge is 0.478 e. The molecular weight excluding hydrogens is 312 g/mol. The lowest BCUT2D eigenvalue weighted by molar-refractivity contribution is 0.0697. The smallest absolute Gasteiger partial charge is 0.335 e. The van der Waals surface area contributed by atoms with Gasteiger partial charge in [-0.05, 0) is 24.3 Å². The van der Waals surface area contributed by atoms with Gasteiger partial charge in [-0.2, -0.15) is 9.97 Å². The number of nitrogens with two attached hydrogens (primary N) is 1. The van der Waals surface area contributed by atoms with E-state index in [1.165, 1.54) is 12.1 Å². The predicted molar refractivity (Wildman–Crippen MR) is 87.0 cm³/mol. The second-order valence-corrected chi connectivity index (χ2v) is 5.18. The van der Waals surface area contributed by atoms with E-state index in [1.54, 1.807) is 18.3 Å². The summed E-state index contributed by atoms with van der Waals surface area (Å²) in [5.74, 6) is -0.795. The lowest BCUT2D eigenvalue weighted by Gasteiger charge is -2.19. The summed E-state index contributed by atoms with van der Waals surface area (Å²) < 4.78 is 0. The fraction of sp³-hybridized carbons (Fsp3) is 0.133. The number of aromatic carboxylic acids is 1. The number of aromatic nitrogens is 4. The van der Waals surface area contributed by atoms with Gasteiger partial charge in [-0.3, -0.25) is 4.79 Å². The lowest BCUT2D eigenvalue weighted by atomic mass is 10.2. The van der Waals surface area contributed by atoms with E-state index in [-0.39, 0.29) is 23.0 Å². The molecule has 0 spiro atoms. The molecule has 0 atom stereocenters. The summed E-state index contributed by atoms with van der Waals surface area (Å²) in [4.78, 5) is 39.2. The van der Waals surface area contributed by atoms with Gasteiger partial charge in [0.15, 0.2) is 11.5 Å². The first kappa shape index (κ1) is 15.4. The van der Waals surface area contributed by atoms with Gasteiger partial charge >= 0.3 is 11.5 Å². The number of nitrogen functional groups attached to an aromatic ring is 1. The summed E-state index contributed by atoms with van der Waals surface area (Å²) in [6, 6.07) is 6.47. The van der Waals surface area contributed by atoms with Gasteiger partial charge < -0.3 is 20.7 Å². The molecule has 4 N–H and O–H groups in total. The monoisotopic (exact) mass is 326 g/mol. The molecule has 2 aliphatic rings. The molecule has 122 valence electrons. The molecule has 1 aromatic rings. The first-order valence-electron chi connectivity index (χ1n) is 7.00. The second-order valence-electron chi connectivity index (χ2n) is 5.18. The highest BCUT2D eigenvalue weighted by Crippen LogP contribution is 2.17. The van der Waals surface area contributed by atoms with Gasteiger partial charge in [0.25, 0.3) is 0 Å². The molecule has 2 heterocycles. The van der Waals surface area contributed by atoms with Crippen molar-refractivity contribution in [2.75, 3.05) is 17.7 Å². The van der Waals surface area contributed by atoms with Gasteiger partial charge in [0.2, 0.25) is 5.95 Å². The normalized spacial score (nSPS) is 10.7. The average Bonchev–Trinajstić information content (AvgIpc) is 2.55. The summed E-state index contributed by atoms with van der Waals surface area (Å²) in [6.45, 7) is 0.405. The van der Waals surface area contributed by atoms with Crippen molar-refractivity contribution >= 4 is 17.6 Å². The SMILES string of the molecule is CN(Cc1c[nH]c2nc(N)nc(=O)c-2n1)c1ccc(C(=O)O)cc1. The van der Waals surface area contributed by atoms with Crippen LogP contribution in [0.3, 0.4) is 0 Å². The van der Waals surface area contributed by atoms with Crippen LogP contribution in [0.15, 0.2) is 35.3 Å². The Bertz CT molecular complexity index is 921. The molecule has 0 bridgehead atoms. The Morgan fingerprint density at radius 3 is 2.62 bits per heavy atom. The van der Waals surface area contributed by atoms with Crippen molar-refractivity contribution in [2.24, 2.45) is 0 Å². The molecule has 2 aliphatic heterocycles. The third kappa shape index (κ3) is 3.00. The Balaban J connectivity index is 1.85. The van der Waals surface area contributed by atoms with Gasteiger partial charge in [-0.15, -0.1) is 0 Å². The molecule has 24 heavy (non-hydrogen) atoms. The van der Waals surface area contributed by atoms with E-state index >= 15 is 0 Å². The number of carboxylic acid groups (broad SMARTS) is 1. The molecule has 9 heteroatoms. The first-order chi connectivity index (χ1) is 11.4. The zero-order valence-corrected chi connectivity index (χ0v) is 12.7. The minimum absolute atomic E-state index is 0.103. The van der Waals surface area contributed by atoms with Crippen LogP contribution in [0.25, 0.3) is 11.5 Å². The van der Waals surface area contributed by atoms with E-state index in [0.717, 1.165) is 5.69 Å². The number of rotatable bonds is 4. The Morgan fingerprint density at radius 2 is 1.96 bits per heavy atom. The molecule has 0 radical (unpaired) electrons. The Kier molecular flexibility index (Phi) is 3.82. The standard InChI is InChI=1S/C15H14N6O3/c1-21(10-4-2-8(3-5-10)14(23)24)7-9-6-17-12-11(18-9)13(22)20-15(16)19-12/h2-6H,7H2,1H3,(H,23,24)(H3,16,17,19,20,22). The number of hydrogen-bond acceptors (Lipinski definition) is 7. The Hall–Kier alpha value is -3.49. The highest BCUT2D eigenvalue weighted by molar-refractivity contribution is 5.88. The van der Waals surface area contributed by atoms with E-state index in [9.17, 15) is 9.59 Å². The summed E-state index contributed by atoms with van der Waals surface area (Å²) in [5, 5.41) is 8.92. The van der Waals surface area contributed by atoms with Crippen molar-refractivity contribution < 1.29 is 9.90 Å². The highest BCUT2D eigenvalue weighted by Gasteiger charge is 2.14. The van der Waals surface area contributed by atoms with Crippen molar-refractivity contribution in [3.63, 3.8) is 0 Å². The number of carboxylic acids is 1. The zero-order chi connectivity index (χ0) is 17.3. The van der Waals surface area contributed by atoms with Crippen LogP contribution < -0.4 is 16.2 Å². The predicted octanol–water partition coefficient (Wildman–Crippen LogP) is 0.581. The number of nitrogens with one attached hydrogen (secondary N) is 1. The molecule has 0 fully saturated rings. The molecule has 0 aliphatic carbocycles. The number of H-pyrrole nitrogens is 1. The Labute approximate surface area is 136 Å². The van der Waals surface area contributed by atoms with Crippen LogP contribution in [0, 0.1) is 0 Å². The number of benzene rings is 1. The van der Waals surface area contributed by atoms with Crippen molar-refractivity contribution in [1.29, 1.82) is 0 Å². The Morgan fingerprint density at radius 1 is 1.25 bits per heavy atom. The minimum Gasteiger partial charge on any atom is -0.478 e. The van der Waals surface area contributed by atoms with Crippen molar-refractivity contribution in [3.05, 3.63) is 52.1 Å². The summed E-state index contributed by atoms with van der Waals surface area (Å²) in [5.41, 5.74) is 6.66. The maximum atomic E-state index is 11.8. The van der Waals surface area contributed by atoms with Gasteiger partial charge in [0.05, 0.1) is 17.8 Å². The topological polar surface area (TPSA) is 138 Å². The molecule has 0 aromatic heterocycles. The van der Waals surface area contributed by atoms with Gasteiger partial charge in [-0.1, -0.05) is 0 Å². The van der Waals surface area contributed by atoms with E-state index in [2.05, 4.69) is 19.9 Å². The fourth-order valence-electron chi connectivity index (χ4n) is 2.25. The average molecular weight is 326 g/mol.